The molecule has 2 N–H and O–H groups in total. The number of hydrogen-bond acceptors (Lipinski definition) is 5. The fraction of sp³-hybridized carbons (Fsp3) is 0.312. The number of nitrogens with zero attached hydrogens (tertiary/aromatic N) is 1. The van der Waals surface area contributed by atoms with Crippen molar-refractivity contribution in [3.05, 3.63) is 34.8 Å². The molecule has 8 heteroatoms. The number of methoxy groups -OCH3 is 2. The number of fused-ring (bicyclic) bond motifs is 1. The van der Waals surface area contributed by atoms with Gasteiger partial charge in [-0.1, -0.05) is 0 Å². The van der Waals surface area contributed by atoms with Crippen molar-refractivity contribution in [2.24, 2.45) is 0 Å². The molecule has 0 spiro atoms. The van der Waals surface area contributed by atoms with Crippen LogP contribution in [0.1, 0.15) is 17.0 Å². The lowest BCUT2D eigenvalue weighted by Gasteiger charge is -2.13. The Balaban J connectivity index is 1.86. The maximum Gasteiger partial charge on any atom is 0.282 e. The van der Waals surface area contributed by atoms with E-state index in [1.807, 2.05) is 0 Å². The maximum absolute atomic E-state index is 14.5. The van der Waals surface area contributed by atoms with Crippen molar-refractivity contribution in [1.82, 2.24) is 10.2 Å². The molecule has 0 radical (unpaired) electrons. The lowest BCUT2D eigenvalue weighted by atomic mass is 10.1. The van der Waals surface area contributed by atoms with Gasteiger partial charge in [0.1, 0.15) is 0 Å². The Morgan fingerprint density at radius 3 is 2.50 bits per heavy atom. The van der Waals surface area contributed by atoms with Crippen LogP contribution in [0.15, 0.2) is 24.3 Å². The molecule has 0 aliphatic heterocycles. The van der Waals surface area contributed by atoms with Gasteiger partial charge in [-0.25, -0.2) is 8.78 Å². The fourth-order valence-corrected chi connectivity index (χ4v) is 3.51. The number of alkyl halides is 2. The molecule has 2 heterocycles. The number of rotatable bonds is 6. The van der Waals surface area contributed by atoms with Crippen molar-refractivity contribution < 1.29 is 23.4 Å². The molecule has 0 unspecified atom stereocenters. The number of nitrogens with one attached hydrogen (secondary N) is 1. The highest BCUT2D eigenvalue weighted by Crippen LogP contribution is 2.43. The highest BCUT2D eigenvalue weighted by molar-refractivity contribution is 7.19. The molecular formula is C16H16F2N2O3S. The second-order valence-electron chi connectivity index (χ2n) is 5.31. The second kappa shape index (κ2) is 6.27. The summed E-state index contributed by atoms with van der Waals surface area (Å²) < 4.78 is 40.1. The lowest BCUT2D eigenvalue weighted by Crippen LogP contribution is -2.12. The molecule has 5 nitrogen and oxygen atoms in total. The molecule has 128 valence electrons. The van der Waals surface area contributed by atoms with Crippen molar-refractivity contribution in [2.45, 2.75) is 18.8 Å². The predicted octanol–water partition coefficient (Wildman–Crippen LogP) is 4.07. The van der Waals surface area contributed by atoms with Crippen LogP contribution in [0.5, 0.6) is 17.4 Å². The number of halogens is 2. The van der Waals surface area contributed by atoms with Gasteiger partial charge in [-0.2, -0.15) is 0 Å². The van der Waals surface area contributed by atoms with Gasteiger partial charge in [0.2, 0.25) is 5.88 Å². The summed E-state index contributed by atoms with van der Waals surface area (Å²) in [5.41, 5.74) is 0.469. The summed E-state index contributed by atoms with van der Waals surface area (Å²) in [5.74, 6) is -2.17. The largest absolute Gasteiger partial charge is 0.493 e. The van der Waals surface area contributed by atoms with Gasteiger partial charge in [0.25, 0.3) is 5.92 Å². The first-order valence-corrected chi connectivity index (χ1v) is 8.01. The van der Waals surface area contributed by atoms with E-state index in [0.29, 0.717) is 27.3 Å². The van der Waals surface area contributed by atoms with E-state index >= 15 is 0 Å². The second-order valence-corrected chi connectivity index (χ2v) is 6.40. The number of aryl methyl sites for hydroxylation is 1. The van der Waals surface area contributed by atoms with Crippen LogP contribution in [0.4, 0.5) is 8.78 Å². The van der Waals surface area contributed by atoms with Gasteiger partial charge in [0.05, 0.1) is 19.1 Å². The zero-order valence-corrected chi connectivity index (χ0v) is 13.9. The number of aromatic amines is 1. The monoisotopic (exact) mass is 354 g/mol. The quantitative estimate of drug-likeness (QED) is 0.700. The summed E-state index contributed by atoms with van der Waals surface area (Å²) in [5, 5.41) is 15.9. The number of aromatic hydroxyl groups is 1. The van der Waals surface area contributed by atoms with Crippen LogP contribution < -0.4 is 9.47 Å². The average Bonchev–Trinajstić information content (AvgIpc) is 3.17. The highest BCUT2D eigenvalue weighted by atomic mass is 32.1. The van der Waals surface area contributed by atoms with Gasteiger partial charge < -0.3 is 14.6 Å². The van der Waals surface area contributed by atoms with Crippen LogP contribution in [0, 0.1) is 0 Å². The predicted molar refractivity (Wildman–Crippen MR) is 87.4 cm³/mol. The lowest BCUT2D eigenvalue weighted by molar-refractivity contribution is -0.00932. The number of hydrogen-bond donors (Lipinski definition) is 2. The standard InChI is InChI=1S/C16H16F2N2O3S/c1-22-11-5-9-6-14(24-13(9)8-12(11)23-2)16(17,18)4-3-10-7-15(21)20-19-10/h5-8H,3-4H2,1-2H3,(H2,19,20,21). The minimum Gasteiger partial charge on any atom is -0.493 e. The summed E-state index contributed by atoms with van der Waals surface area (Å²) in [6, 6.07) is 6.21. The van der Waals surface area contributed by atoms with Crippen LogP contribution in [-0.2, 0) is 12.3 Å². The molecule has 0 amide bonds. The first-order valence-electron chi connectivity index (χ1n) is 7.20. The van der Waals surface area contributed by atoms with Crippen LogP contribution >= 0.6 is 11.3 Å². The third kappa shape index (κ3) is 3.14. The number of H-pyrrole nitrogens is 1. The normalized spacial score (nSPS) is 11.8. The zero-order valence-electron chi connectivity index (χ0n) is 13.1. The van der Waals surface area contributed by atoms with Crippen LogP contribution in [0.2, 0.25) is 0 Å². The van der Waals surface area contributed by atoms with Crippen LogP contribution in [0.3, 0.4) is 0 Å². The molecule has 3 rings (SSSR count). The third-order valence-corrected chi connectivity index (χ3v) is 4.92. The van der Waals surface area contributed by atoms with E-state index in [1.54, 1.807) is 12.1 Å². The van der Waals surface area contributed by atoms with Gasteiger partial charge >= 0.3 is 0 Å². The molecule has 0 fully saturated rings. The first kappa shape index (κ1) is 16.5. The van der Waals surface area contributed by atoms with E-state index < -0.39 is 5.92 Å². The number of benzene rings is 1. The minimum atomic E-state index is -2.98. The summed E-state index contributed by atoms with van der Waals surface area (Å²) in [4.78, 5) is -0.0171. The fourth-order valence-electron chi connectivity index (χ4n) is 2.44. The highest BCUT2D eigenvalue weighted by Gasteiger charge is 2.33. The molecule has 0 aliphatic rings. The zero-order chi connectivity index (χ0) is 17.3. The SMILES string of the molecule is COc1cc2cc(C(F)(F)CCc3cc(O)n[nH]3)sc2cc1OC. The number of aromatic nitrogens is 2. The summed E-state index contributed by atoms with van der Waals surface area (Å²) in [6.45, 7) is 0. The molecule has 1 aromatic carbocycles. The average molecular weight is 354 g/mol. The Kier molecular flexibility index (Phi) is 4.31. The number of ether oxygens (including phenoxy) is 2. The van der Waals surface area contributed by atoms with E-state index in [2.05, 4.69) is 10.2 Å². The van der Waals surface area contributed by atoms with Crippen molar-refractivity contribution in [3.8, 4) is 17.4 Å². The van der Waals surface area contributed by atoms with Crippen molar-refractivity contribution in [1.29, 1.82) is 0 Å². The maximum atomic E-state index is 14.5. The van der Waals surface area contributed by atoms with Crippen LogP contribution in [-0.4, -0.2) is 29.5 Å². The molecular weight excluding hydrogens is 338 g/mol. The minimum absolute atomic E-state index is 0.0171. The van der Waals surface area contributed by atoms with Gasteiger partial charge in [0.15, 0.2) is 11.5 Å². The van der Waals surface area contributed by atoms with Crippen molar-refractivity contribution in [2.75, 3.05) is 14.2 Å². The molecule has 24 heavy (non-hydrogen) atoms. The van der Waals surface area contributed by atoms with Gasteiger partial charge in [0, 0.05) is 28.9 Å². The Morgan fingerprint density at radius 2 is 1.88 bits per heavy atom. The van der Waals surface area contributed by atoms with Gasteiger partial charge in [-0.15, -0.1) is 16.4 Å². The van der Waals surface area contributed by atoms with Crippen molar-refractivity contribution in [3.63, 3.8) is 0 Å². The summed E-state index contributed by atoms with van der Waals surface area (Å²) in [6.07, 6.45) is -0.294. The Morgan fingerprint density at radius 1 is 1.17 bits per heavy atom. The van der Waals surface area contributed by atoms with Crippen LogP contribution in [0.25, 0.3) is 10.1 Å². The van der Waals surface area contributed by atoms with E-state index in [1.165, 1.54) is 26.4 Å². The van der Waals surface area contributed by atoms with E-state index in [9.17, 15) is 8.78 Å². The molecule has 2 aromatic heterocycles. The first-order chi connectivity index (χ1) is 11.4. The molecule has 0 saturated carbocycles. The van der Waals surface area contributed by atoms with E-state index in [4.69, 9.17) is 14.6 Å². The topological polar surface area (TPSA) is 67.4 Å². The molecule has 0 aliphatic carbocycles. The van der Waals surface area contributed by atoms with Gasteiger partial charge in [-0.3, -0.25) is 5.10 Å². The Labute approximate surface area is 140 Å². The van der Waals surface area contributed by atoms with E-state index in [0.717, 1.165) is 11.3 Å². The molecule has 3 aromatic rings. The molecule has 0 saturated heterocycles. The smallest absolute Gasteiger partial charge is 0.282 e. The Bertz CT molecular complexity index is 819. The molecule has 0 bridgehead atoms. The van der Waals surface area contributed by atoms with E-state index in [-0.39, 0.29) is 23.6 Å². The third-order valence-electron chi connectivity index (χ3n) is 3.71. The molecule has 0 atom stereocenters. The van der Waals surface area contributed by atoms with Crippen molar-refractivity contribution >= 4 is 21.4 Å². The Hall–Kier alpha value is -2.35. The number of thiophene rings is 1. The van der Waals surface area contributed by atoms with Gasteiger partial charge in [-0.05, 0) is 23.9 Å². The summed E-state index contributed by atoms with van der Waals surface area (Å²) in [7, 11) is 3.01. The summed E-state index contributed by atoms with van der Waals surface area (Å²) >= 11 is 1.03.